The molecule has 28 heavy (non-hydrogen) atoms. The van der Waals surface area contributed by atoms with Crippen molar-refractivity contribution in [2.24, 2.45) is 11.3 Å². The molecule has 1 saturated carbocycles. The molecule has 0 bridgehead atoms. The molecule has 0 aromatic heterocycles. The Labute approximate surface area is 163 Å². The zero-order chi connectivity index (χ0) is 19.7. The molecule has 1 spiro atoms. The summed E-state index contributed by atoms with van der Waals surface area (Å²) in [6, 6.07) is 15.8. The molecule has 144 valence electrons. The van der Waals surface area contributed by atoms with Crippen LogP contribution >= 0.6 is 0 Å². The van der Waals surface area contributed by atoms with Crippen LogP contribution in [0.3, 0.4) is 0 Å². The molecule has 1 unspecified atom stereocenters. The predicted molar refractivity (Wildman–Crippen MR) is 104 cm³/mol. The van der Waals surface area contributed by atoms with Gasteiger partial charge in [0.05, 0.1) is 5.92 Å². The monoisotopic (exact) mass is 378 g/mol. The molecular weight excluding hydrogens is 356 g/mol. The van der Waals surface area contributed by atoms with Gasteiger partial charge in [0.2, 0.25) is 0 Å². The molecule has 6 nitrogen and oxygen atoms in total. The maximum absolute atomic E-state index is 12.7. The Hall–Kier alpha value is -3.15. The number of hydrogen-bond donors (Lipinski definition) is 2. The van der Waals surface area contributed by atoms with E-state index in [-0.39, 0.29) is 23.1 Å². The third kappa shape index (κ3) is 3.50. The van der Waals surface area contributed by atoms with Crippen molar-refractivity contribution in [2.45, 2.75) is 19.3 Å². The Morgan fingerprint density at radius 1 is 0.929 bits per heavy atom. The zero-order valence-electron chi connectivity index (χ0n) is 15.4. The second-order valence-electron chi connectivity index (χ2n) is 7.65. The van der Waals surface area contributed by atoms with Crippen LogP contribution in [0.15, 0.2) is 54.6 Å². The highest BCUT2D eigenvalue weighted by molar-refractivity contribution is 6.04. The van der Waals surface area contributed by atoms with Crippen LogP contribution in [0.4, 0.5) is 5.69 Å². The van der Waals surface area contributed by atoms with Gasteiger partial charge in [-0.1, -0.05) is 18.2 Å². The molecule has 2 amide bonds. The summed E-state index contributed by atoms with van der Waals surface area (Å²) in [5, 5.41) is 12.0. The Morgan fingerprint density at radius 3 is 2.14 bits per heavy atom. The molecule has 1 atom stereocenters. The van der Waals surface area contributed by atoms with E-state index in [9.17, 15) is 19.5 Å². The lowest BCUT2D eigenvalue weighted by Crippen LogP contribution is -2.40. The number of anilines is 1. The van der Waals surface area contributed by atoms with E-state index in [0.717, 1.165) is 19.3 Å². The van der Waals surface area contributed by atoms with Gasteiger partial charge in [-0.15, -0.1) is 0 Å². The van der Waals surface area contributed by atoms with Crippen molar-refractivity contribution < 1.29 is 19.5 Å². The second-order valence-corrected chi connectivity index (χ2v) is 7.65. The number of benzene rings is 2. The molecule has 1 heterocycles. The van der Waals surface area contributed by atoms with Crippen LogP contribution < -0.4 is 5.32 Å². The summed E-state index contributed by atoms with van der Waals surface area (Å²) in [6.07, 6.45) is 2.24. The molecule has 6 heteroatoms. The van der Waals surface area contributed by atoms with E-state index in [0.29, 0.717) is 29.9 Å². The number of amides is 2. The lowest BCUT2D eigenvalue weighted by molar-refractivity contribution is -0.139. The third-order valence-electron chi connectivity index (χ3n) is 5.96. The van der Waals surface area contributed by atoms with E-state index >= 15 is 0 Å². The summed E-state index contributed by atoms with van der Waals surface area (Å²) in [4.78, 5) is 37.9. The predicted octanol–water partition coefficient (Wildman–Crippen LogP) is 3.27. The Kier molecular flexibility index (Phi) is 4.63. The summed E-state index contributed by atoms with van der Waals surface area (Å²) < 4.78 is 0. The quantitative estimate of drug-likeness (QED) is 0.855. The number of rotatable bonds is 4. The summed E-state index contributed by atoms with van der Waals surface area (Å²) in [6.45, 7) is 1.18. The van der Waals surface area contributed by atoms with Crippen molar-refractivity contribution >= 4 is 23.5 Å². The van der Waals surface area contributed by atoms with Crippen LogP contribution in [-0.4, -0.2) is 40.9 Å². The van der Waals surface area contributed by atoms with Gasteiger partial charge < -0.3 is 15.3 Å². The number of nitrogens with one attached hydrogen (secondary N) is 1. The molecule has 1 saturated heterocycles. The topological polar surface area (TPSA) is 86.7 Å². The molecule has 2 aromatic carbocycles. The molecule has 2 aliphatic rings. The van der Waals surface area contributed by atoms with Crippen LogP contribution in [0.5, 0.6) is 0 Å². The van der Waals surface area contributed by atoms with Crippen LogP contribution in [-0.2, 0) is 4.79 Å². The third-order valence-corrected chi connectivity index (χ3v) is 5.96. The minimum absolute atomic E-state index is 0.0525. The first-order chi connectivity index (χ1) is 13.5. The largest absolute Gasteiger partial charge is 0.481 e. The number of carboxylic acid groups (broad SMARTS) is 1. The SMILES string of the molecule is O=C(Nc1ccc(C(=O)N2CCC3(CC2)CC3C(=O)O)cc1)c1ccccc1. The summed E-state index contributed by atoms with van der Waals surface area (Å²) in [7, 11) is 0. The van der Waals surface area contributed by atoms with Crippen molar-refractivity contribution in [3.8, 4) is 0 Å². The normalized spacial score (nSPS) is 19.9. The van der Waals surface area contributed by atoms with Gasteiger partial charge in [-0.3, -0.25) is 14.4 Å². The highest BCUT2D eigenvalue weighted by atomic mass is 16.4. The molecule has 1 aliphatic carbocycles. The van der Waals surface area contributed by atoms with Crippen molar-refractivity contribution in [3.63, 3.8) is 0 Å². The van der Waals surface area contributed by atoms with E-state index in [1.165, 1.54) is 0 Å². The Balaban J connectivity index is 1.35. The zero-order valence-corrected chi connectivity index (χ0v) is 15.4. The first-order valence-electron chi connectivity index (χ1n) is 9.47. The highest BCUT2D eigenvalue weighted by Gasteiger charge is 2.59. The summed E-state index contributed by atoms with van der Waals surface area (Å²) in [5.41, 5.74) is 1.68. The van der Waals surface area contributed by atoms with Crippen molar-refractivity contribution in [2.75, 3.05) is 18.4 Å². The molecule has 2 aromatic rings. The van der Waals surface area contributed by atoms with Gasteiger partial charge in [0.15, 0.2) is 0 Å². The van der Waals surface area contributed by atoms with Gasteiger partial charge >= 0.3 is 5.97 Å². The number of carbonyl (C=O) groups is 3. The molecule has 2 fully saturated rings. The number of nitrogens with zero attached hydrogens (tertiary/aromatic N) is 1. The lowest BCUT2D eigenvalue weighted by Gasteiger charge is -2.32. The van der Waals surface area contributed by atoms with Crippen LogP contribution in [0.1, 0.15) is 40.0 Å². The number of piperidine rings is 1. The number of aliphatic carboxylic acids is 1. The van der Waals surface area contributed by atoms with E-state index in [1.54, 1.807) is 53.4 Å². The van der Waals surface area contributed by atoms with Crippen LogP contribution in [0.25, 0.3) is 0 Å². The minimum Gasteiger partial charge on any atom is -0.481 e. The highest BCUT2D eigenvalue weighted by Crippen LogP contribution is 2.59. The summed E-state index contributed by atoms with van der Waals surface area (Å²) >= 11 is 0. The first kappa shape index (κ1) is 18.2. The number of carbonyl (C=O) groups excluding carboxylic acids is 2. The van der Waals surface area contributed by atoms with Crippen molar-refractivity contribution in [1.29, 1.82) is 0 Å². The molecule has 2 N–H and O–H groups in total. The van der Waals surface area contributed by atoms with Gasteiger partial charge in [0.1, 0.15) is 0 Å². The standard InChI is InChI=1S/C22H22N2O4/c25-19(15-4-2-1-3-5-15)23-17-8-6-16(7-9-17)20(26)24-12-10-22(11-13-24)14-18(22)21(27)28/h1-9,18H,10-14H2,(H,23,25)(H,27,28). The first-order valence-corrected chi connectivity index (χ1v) is 9.47. The van der Waals surface area contributed by atoms with Gasteiger partial charge in [-0.2, -0.15) is 0 Å². The second kappa shape index (κ2) is 7.11. The fraction of sp³-hybridized carbons (Fsp3) is 0.318. The molecule has 1 aliphatic heterocycles. The minimum atomic E-state index is -0.715. The average molecular weight is 378 g/mol. The molecular formula is C22H22N2O4. The smallest absolute Gasteiger partial charge is 0.307 e. The van der Waals surface area contributed by atoms with Gasteiger partial charge in [0, 0.05) is 29.9 Å². The Morgan fingerprint density at radius 2 is 1.57 bits per heavy atom. The van der Waals surface area contributed by atoms with E-state index in [2.05, 4.69) is 5.32 Å². The van der Waals surface area contributed by atoms with Gasteiger partial charge in [-0.05, 0) is 61.1 Å². The summed E-state index contributed by atoms with van der Waals surface area (Å²) in [5.74, 6) is -1.20. The van der Waals surface area contributed by atoms with Crippen LogP contribution in [0, 0.1) is 11.3 Å². The van der Waals surface area contributed by atoms with Crippen molar-refractivity contribution in [1.82, 2.24) is 4.90 Å². The average Bonchev–Trinajstić information content (AvgIpc) is 3.43. The van der Waals surface area contributed by atoms with E-state index in [1.807, 2.05) is 6.07 Å². The van der Waals surface area contributed by atoms with Gasteiger partial charge in [0.25, 0.3) is 11.8 Å². The fourth-order valence-corrected chi connectivity index (χ4v) is 4.08. The van der Waals surface area contributed by atoms with E-state index < -0.39 is 5.97 Å². The number of hydrogen-bond acceptors (Lipinski definition) is 3. The van der Waals surface area contributed by atoms with Gasteiger partial charge in [-0.25, -0.2) is 0 Å². The Bertz CT molecular complexity index is 900. The van der Waals surface area contributed by atoms with E-state index in [4.69, 9.17) is 0 Å². The maximum Gasteiger partial charge on any atom is 0.307 e. The lowest BCUT2D eigenvalue weighted by atomic mass is 9.90. The van der Waals surface area contributed by atoms with Crippen molar-refractivity contribution in [3.05, 3.63) is 65.7 Å². The number of likely N-dealkylation sites (tertiary alicyclic amines) is 1. The number of carboxylic acids is 1. The van der Waals surface area contributed by atoms with Crippen LogP contribution in [0.2, 0.25) is 0 Å². The maximum atomic E-state index is 12.7. The molecule has 0 radical (unpaired) electrons. The fourth-order valence-electron chi connectivity index (χ4n) is 4.08. The molecule has 4 rings (SSSR count).